The van der Waals surface area contributed by atoms with Crippen molar-refractivity contribution < 1.29 is 27.1 Å². The fourth-order valence-corrected chi connectivity index (χ4v) is 8.15. The summed E-state index contributed by atoms with van der Waals surface area (Å²) in [6.07, 6.45) is -3.21. The number of rotatable bonds is 11. The summed E-state index contributed by atoms with van der Waals surface area (Å²) in [7, 11) is 1.38. The normalized spacial score (nSPS) is 11.8. The van der Waals surface area contributed by atoms with Crippen molar-refractivity contribution >= 4 is 45.8 Å². The van der Waals surface area contributed by atoms with Gasteiger partial charge in [-0.3, -0.25) is 18.5 Å². The lowest BCUT2D eigenvalue weighted by Gasteiger charge is -2.38. The monoisotopic (exact) mass is 850 g/mol. The van der Waals surface area contributed by atoms with Gasteiger partial charge in [-0.05, 0) is 70.8 Å². The molecule has 8 aromatic rings. The molecule has 0 radical (unpaired) electrons. The lowest BCUT2D eigenvalue weighted by Crippen LogP contribution is -2.38. The molecule has 0 aliphatic heterocycles. The second-order valence-electron chi connectivity index (χ2n) is 13.9. The van der Waals surface area contributed by atoms with Crippen molar-refractivity contribution in [3.63, 3.8) is 0 Å². The lowest BCUT2D eigenvalue weighted by molar-refractivity contribution is -0.137. The van der Waals surface area contributed by atoms with Gasteiger partial charge in [0.05, 0.1) is 26.6 Å². The molecule has 302 valence electrons. The number of imidazole rings is 1. The molecule has 0 fully saturated rings. The molecule has 0 unspecified atom stereocenters. The van der Waals surface area contributed by atoms with E-state index in [1.807, 2.05) is 95.6 Å². The average molecular weight is 852 g/mol. The molecule has 0 atom stereocenters. The molecule has 8 rings (SSSR count). The minimum Gasteiger partial charge on any atom is -0.482 e. The van der Waals surface area contributed by atoms with Gasteiger partial charge in [0.15, 0.2) is 11.6 Å². The number of nitrogens with one attached hydrogen (secondary N) is 1. The Hall–Kier alpha value is -6.70. The molecule has 15 heteroatoms. The van der Waals surface area contributed by atoms with Crippen molar-refractivity contribution in [2.45, 2.75) is 24.9 Å². The molecule has 60 heavy (non-hydrogen) atoms. The van der Waals surface area contributed by atoms with E-state index < -0.39 is 41.2 Å². The summed E-state index contributed by atoms with van der Waals surface area (Å²) in [6, 6.07) is 39.1. The highest BCUT2D eigenvalue weighted by Gasteiger charge is 2.40. The Morgan fingerprint density at radius 1 is 0.767 bits per heavy atom. The van der Waals surface area contributed by atoms with Crippen LogP contribution in [0.4, 0.5) is 23.2 Å². The number of hydrogen-bond donors (Lipinski definition) is 1. The molecule has 2 aromatic heterocycles. The molecule has 0 aliphatic carbocycles. The van der Waals surface area contributed by atoms with E-state index in [1.165, 1.54) is 31.3 Å². The van der Waals surface area contributed by atoms with E-state index in [-0.39, 0.29) is 50.2 Å². The van der Waals surface area contributed by atoms with Crippen LogP contribution in [0.5, 0.6) is 5.75 Å². The van der Waals surface area contributed by atoms with Crippen LogP contribution in [-0.4, -0.2) is 29.8 Å². The minimum atomic E-state index is -4.84. The number of ether oxygens (including phenoxy) is 1. The van der Waals surface area contributed by atoms with Crippen LogP contribution < -0.4 is 15.7 Å². The Bertz CT molecular complexity index is 2780. The number of aryl methyl sites for hydroxylation is 1. The standard InChI is InChI=1S/C45H32Cl2F4N6O3/c1-55-41-35(23-32(45(49,50)51)24-38(41)56(43(55)59)25-40(58)53-34-19-17-33(48)18-20-34)28-21-36(46)42(37(47)22-28)60-26-39-54-52-27-57(39)44(29-11-5-2-6-12-29,30-13-7-3-8-14-30)31-15-9-4-10-16-31/h2-24,27H,25-26H2,1H3,(H,53,58). The van der Waals surface area contributed by atoms with Gasteiger partial charge in [0.2, 0.25) is 5.91 Å². The van der Waals surface area contributed by atoms with Crippen LogP contribution in [0.25, 0.3) is 22.2 Å². The van der Waals surface area contributed by atoms with Gasteiger partial charge >= 0.3 is 11.9 Å². The van der Waals surface area contributed by atoms with E-state index in [1.54, 1.807) is 6.33 Å². The van der Waals surface area contributed by atoms with Crippen LogP contribution in [0, 0.1) is 5.82 Å². The summed E-state index contributed by atoms with van der Waals surface area (Å²) in [4.78, 5) is 26.6. The van der Waals surface area contributed by atoms with Gasteiger partial charge in [0.1, 0.15) is 30.8 Å². The van der Waals surface area contributed by atoms with Gasteiger partial charge in [0, 0.05) is 18.3 Å². The van der Waals surface area contributed by atoms with Gasteiger partial charge in [-0.25, -0.2) is 9.18 Å². The van der Waals surface area contributed by atoms with Crippen molar-refractivity contribution in [1.82, 2.24) is 23.9 Å². The molecule has 6 aromatic carbocycles. The van der Waals surface area contributed by atoms with Gasteiger partial charge in [0.25, 0.3) is 0 Å². The zero-order valence-electron chi connectivity index (χ0n) is 31.5. The predicted octanol–water partition coefficient (Wildman–Crippen LogP) is 10.1. The van der Waals surface area contributed by atoms with E-state index in [0.717, 1.165) is 50.1 Å². The fourth-order valence-electron chi connectivity index (χ4n) is 7.55. The third-order valence-electron chi connectivity index (χ3n) is 10.2. The van der Waals surface area contributed by atoms with E-state index in [2.05, 4.69) is 15.5 Å². The Kier molecular flexibility index (Phi) is 10.8. The fraction of sp³-hybridized carbons (Fsp3) is 0.111. The van der Waals surface area contributed by atoms with Gasteiger partial charge in [-0.1, -0.05) is 114 Å². The summed E-state index contributed by atoms with van der Waals surface area (Å²) in [6.45, 7) is -0.800. The zero-order chi connectivity index (χ0) is 42.2. The summed E-state index contributed by atoms with van der Waals surface area (Å²) < 4.78 is 67.0. The van der Waals surface area contributed by atoms with Crippen LogP contribution in [-0.2, 0) is 36.7 Å². The SMILES string of the molecule is Cn1c(=O)n(CC(=O)Nc2ccc(F)cc2)c2cc(C(F)(F)F)cc(-c3cc(Cl)c(OCc4nncn4C(c4ccccc4)(c4ccccc4)c4ccccc4)c(Cl)c3)c21. The highest BCUT2D eigenvalue weighted by atomic mass is 35.5. The molecule has 0 aliphatic rings. The summed E-state index contributed by atoms with van der Waals surface area (Å²) in [5.41, 5.74) is 0.291. The summed E-state index contributed by atoms with van der Waals surface area (Å²) in [5.74, 6) is -0.801. The molecule has 1 amide bonds. The first kappa shape index (κ1) is 40.1. The number of anilines is 1. The maximum Gasteiger partial charge on any atom is 0.416 e. The number of carbonyl (C=O) groups excluding carboxylic acids is 1. The first-order chi connectivity index (χ1) is 28.9. The molecular weight excluding hydrogens is 819 g/mol. The Morgan fingerprint density at radius 3 is 1.85 bits per heavy atom. The highest BCUT2D eigenvalue weighted by molar-refractivity contribution is 6.37. The number of fused-ring (bicyclic) bond motifs is 1. The van der Waals surface area contributed by atoms with E-state index in [0.29, 0.717) is 5.82 Å². The van der Waals surface area contributed by atoms with Crippen LogP contribution in [0.3, 0.4) is 0 Å². The zero-order valence-corrected chi connectivity index (χ0v) is 33.0. The van der Waals surface area contributed by atoms with Crippen LogP contribution >= 0.6 is 23.2 Å². The molecule has 1 N–H and O–H groups in total. The first-order valence-electron chi connectivity index (χ1n) is 18.4. The number of nitrogens with zero attached hydrogens (tertiary/aromatic N) is 5. The predicted molar refractivity (Wildman–Crippen MR) is 222 cm³/mol. The average Bonchev–Trinajstić information content (AvgIpc) is 3.81. The summed E-state index contributed by atoms with van der Waals surface area (Å²) >= 11 is 13.7. The highest BCUT2D eigenvalue weighted by Crippen LogP contribution is 2.44. The molecule has 0 spiro atoms. The van der Waals surface area contributed by atoms with Crippen molar-refractivity contribution in [2.75, 3.05) is 5.32 Å². The molecule has 0 saturated heterocycles. The second-order valence-corrected chi connectivity index (χ2v) is 14.7. The lowest BCUT2D eigenvalue weighted by atomic mass is 9.76. The minimum absolute atomic E-state index is 0.0226. The quantitative estimate of drug-likeness (QED) is 0.103. The molecule has 2 heterocycles. The van der Waals surface area contributed by atoms with Crippen LogP contribution in [0.1, 0.15) is 28.1 Å². The maximum atomic E-state index is 14.4. The Morgan fingerprint density at radius 2 is 1.32 bits per heavy atom. The van der Waals surface area contributed by atoms with Crippen molar-refractivity contribution in [3.05, 3.63) is 200 Å². The first-order valence-corrected chi connectivity index (χ1v) is 19.2. The number of alkyl halides is 3. The van der Waals surface area contributed by atoms with E-state index >= 15 is 0 Å². The maximum absolute atomic E-state index is 14.4. The second kappa shape index (κ2) is 16.2. The molecule has 0 bridgehead atoms. The van der Waals surface area contributed by atoms with Crippen LogP contribution in [0.2, 0.25) is 10.0 Å². The third kappa shape index (κ3) is 7.42. The number of aromatic nitrogens is 5. The Balaban J connectivity index is 1.17. The number of amides is 1. The third-order valence-corrected chi connectivity index (χ3v) is 10.8. The van der Waals surface area contributed by atoms with E-state index in [9.17, 15) is 27.2 Å². The smallest absolute Gasteiger partial charge is 0.416 e. The van der Waals surface area contributed by atoms with E-state index in [4.69, 9.17) is 27.9 Å². The summed E-state index contributed by atoms with van der Waals surface area (Å²) in [5, 5.41) is 11.2. The largest absolute Gasteiger partial charge is 0.482 e. The number of hydrogen-bond acceptors (Lipinski definition) is 5. The molecular formula is C45H32Cl2F4N6O3. The molecule has 9 nitrogen and oxygen atoms in total. The number of carbonyl (C=O) groups is 1. The van der Waals surface area contributed by atoms with Gasteiger partial charge in [-0.15, -0.1) is 10.2 Å². The topological polar surface area (TPSA) is 96.0 Å². The molecule has 0 saturated carbocycles. The van der Waals surface area contributed by atoms with Crippen LogP contribution in [0.15, 0.2) is 151 Å². The van der Waals surface area contributed by atoms with Gasteiger partial charge in [-0.2, -0.15) is 13.2 Å². The number of halogens is 6. The van der Waals surface area contributed by atoms with Crippen molar-refractivity contribution in [2.24, 2.45) is 7.05 Å². The van der Waals surface area contributed by atoms with Crippen molar-refractivity contribution in [3.8, 4) is 16.9 Å². The van der Waals surface area contributed by atoms with Crippen molar-refractivity contribution in [1.29, 1.82) is 0 Å². The Labute approximate surface area is 350 Å². The number of benzene rings is 6. The van der Waals surface area contributed by atoms with Gasteiger partial charge < -0.3 is 10.1 Å².